The summed E-state index contributed by atoms with van der Waals surface area (Å²) in [5.74, 6) is -0.494. The van der Waals surface area contributed by atoms with Gasteiger partial charge in [0.1, 0.15) is 0 Å². The normalized spacial score (nSPS) is 10.5. The first-order chi connectivity index (χ1) is 7.99. The third kappa shape index (κ3) is 2.17. The number of aryl methyl sites for hydroxylation is 2. The molecule has 17 heavy (non-hydrogen) atoms. The van der Waals surface area contributed by atoms with Crippen LogP contribution in [0.15, 0.2) is 24.3 Å². The molecule has 0 spiro atoms. The van der Waals surface area contributed by atoms with Gasteiger partial charge in [0.2, 0.25) is 5.91 Å². The average molecular weight is 250 g/mol. The van der Waals surface area contributed by atoms with Crippen molar-refractivity contribution in [2.24, 2.45) is 5.73 Å². The summed E-state index contributed by atoms with van der Waals surface area (Å²) in [5, 5.41) is 4.78. The Morgan fingerprint density at radius 3 is 2.53 bits per heavy atom. The lowest BCUT2D eigenvalue weighted by Gasteiger charge is -2.07. The summed E-state index contributed by atoms with van der Waals surface area (Å²) in [7, 11) is 0. The Labute approximate surface area is 104 Å². The smallest absolute Gasteiger partial charge is 0.248 e. The average Bonchev–Trinajstić information content (AvgIpc) is 2.57. The van der Waals surface area contributed by atoms with Crippen molar-refractivity contribution >= 4 is 17.5 Å². The van der Waals surface area contributed by atoms with Gasteiger partial charge < -0.3 is 5.73 Å². The molecule has 0 unspecified atom stereocenters. The lowest BCUT2D eigenvalue weighted by molar-refractivity contribution is 0.100. The van der Waals surface area contributed by atoms with E-state index in [0.29, 0.717) is 10.6 Å². The SMILES string of the molecule is Cc1cc(C)n(-c2ccc(C(N)=O)cc2Cl)n1. The molecule has 1 amide bonds. The molecule has 0 aliphatic rings. The summed E-state index contributed by atoms with van der Waals surface area (Å²) in [5.41, 5.74) is 8.21. The Kier molecular flexibility index (Phi) is 2.90. The molecule has 2 rings (SSSR count). The number of nitrogens with zero attached hydrogens (tertiary/aromatic N) is 2. The van der Waals surface area contributed by atoms with Crippen LogP contribution >= 0.6 is 11.6 Å². The second kappa shape index (κ2) is 4.22. The molecule has 1 heterocycles. The highest BCUT2D eigenvalue weighted by molar-refractivity contribution is 6.32. The molecule has 0 bridgehead atoms. The zero-order valence-corrected chi connectivity index (χ0v) is 10.3. The van der Waals surface area contributed by atoms with Gasteiger partial charge in [-0.25, -0.2) is 4.68 Å². The number of hydrogen-bond donors (Lipinski definition) is 1. The minimum atomic E-state index is -0.494. The fraction of sp³-hybridized carbons (Fsp3) is 0.167. The third-order valence-corrected chi connectivity index (χ3v) is 2.77. The summed E-state index contributed by atoms with van der Waals surface area (Å²) in [6, 6.07) is 6.88. The first-order valence-corrected chi connectivity index (χ1v) is 5.50. The molecule has 5 heteroatoms. The number of rotatable bonds is 2. The fourth-order valence-corrected chi connectivity index (χ4v) is 1.97. The summed E-state index contributed by atoms with van der Waals surface area (Å²) in [6.07, 6.45) is 0. The van der Waals surface area contributed by atoms with Crippen molar-refractivity contribution in [3.8, 4) is 5.69 Å². The zero-order valence-electron chi connectivity index (χ0n) is 9.57. The maximum atomic E-state index is 11.0. The molecule has 0 aliphatic heterocycles. The standard InChI is InChI=1S/C12H12ClN3O/c1-7-5-8(2)16(15-7)11-4-3-9(12(14)17)6-10(11)13/h3-6H,1-2H3,(H2,14,17). The van der Waals surface area contributed by atoms with E-state index in [9.17, 15) is 4.79 Å². The van der Waals surface area contributed by atoms with Gasteiger partial charge in [-0.3, -0.25) is 4.79 Å². The van der Waals surface area contributed by atoms with Gasteiger partial charge in [0.05, 0.1) is 16.4 Å². The molecule has 0 fully saturated rings. The first kappa shape index (κ1) is 11.7. The van der Waals surface area contributed by atoms with Gasteiger partial charge in [0.15, 0.2) is 0 Å². The van der Waals surface area contributed by atoms with Crippen LogP contribution in [0.1, 0.15) is 21.7 Å². The van der Waals surface area contributed by atoms with E-state index in [2.05, 4.69) is 5.10 Å². The van der Waals surface area contributed by atoms with Crippen LogP contribution < -0.4 is 5.73 Å². The van der Waals surface area contributed by atoms with Crippen LogP contribution in [0.4, 0.5) is 0 Å². The van der Waals surface area contributed by atoms with E-state index in [1.165, 1.54) is 0 Å². The topological polar surface area (TPSA) is 60.9 Å². The van der Waals surface area contributed by atoms with E-state index >= 15 is 0 Å². The summed E-state index contributed by atoms with van der Waals surface area (Å²) in [6.45, 7) is 3.85. The molecule has 0 radical (unpaired) electrons. The summed E-state index contributed by atoms with van der Waals surface area (Å²) >= 11 is 6.12. The number of benzene rings is 1. The molecule has 2 aromatic rings. The Bertz CT molecular complexity index is 589. The van der Waals surface area contributed by atoms with E-state index < -0.39 is 5.91 Å². The molecular weight excluding hydrogens is 238 g/mol. The lowest BCUT2D eigenvalue weighted by Crippen LogP contribution is -2.11. The van der Waals surface area contributed by atoms with Gasteiger partial charge in [-0.1, -0.05) is 11.6 Å². The number of halogens is 1. The molecule has 88 valence electrons. The number of aromatic nitrogens is 2. The molecule has 0 saturated heterocycles. The Balaban J connectivity index is 2.54. The number of primary amides is 1. The van der Waals surface area contributed by atoms with Crippen molar-refractivity contribution in [1.82, 2.24) is 9.78 Å². The molecule has 1 aromatic carbocycles. The van der Waals surface area contributed by atoms with Crippen molar-refractivity contribution in [2.75, 3.05) is 0 Å². The van der Waals surface area contributed by atoms with Crippen LogP contribution in [-0.4, -0.2) is 15.7 Å². The second-order valence-electron chi connectivity index (χ2n) is 3.87. The van der Waals surface area contributed by atoms with Crippen LogP contribution in [0, 0.1) is 13.8 Å². The highest BCUT2D eigenvalue weighted by Gasteiger charge is 2.10. The highest BCUT2D eigenvalue weighted by atomic mass is 35.5. The van der Waals surface area contributed by atoms with Crippen LogP contribution in [0.25, 0.3) is 5.69 Å². The van der Waals surface area contributed by atoms with Crippen molar-refractivity contribution < 1.29 is 4.79 Å². The van der Waals surface area contributed by atoms with Crippen molar-refractivity contribution in [3.05, 3.63) is 46.2 Å². The molecule has 1 aromatic heterocycles. The number of carbonyl (C=O) groups is 1. The molecule has 4 nitrogen and oxygen atoms in total. The Hall–Kier alpha value is -1.81. The monoisotopic (exact) mass is 249 g/mol. The number of nitrogens with two attached hydrogens (primary N) is 1. The minimum Gasteiger partial charge on any atom is -0.366 e. The van der Waals surface area contributed by atoms with Crippen LogP contribution in [0.3, 0.4) is 0 Å². The third-order valence-electron chi connectivity index (χ3n) is 2.47. The van der Waals surface area contributed by atoms with E-state index in [0.717, 1.165) is 17.1 Å². The lowest BCUT2D eigenvalue weighted by atomic mass is 10.2. The zero-order chi connectivity index (χ0) is 12.6. The van der Waals surface area contributed by atoms with E-state index in [-0.39, 0.29) is 0 Å². The summed E-state index contributed by atoms with van der Waals surface area (Å²) < 4.78 is 1.74. The maximum Gasteiger partial charge on any atom is 0.248 e. The molecule has 0 aliphatic carbocycles. The molecular formula is C12H12ClN3O. The Morgan fingerprint density at radius 2 is 2.06 bits per heavy atom. The fourth-order valence-electron chi connectivity index (χ4n) is 1.70. The van der Waals surface area contributed by atoms with Gasteiger partial charge in [0.25, 0.3) is 0 Å². The number of amides is 1. The van der Waals surface area contributed by atoms with Crippen LogP contribution in [-0.2, 0) is 0 Å². The minimum absolute atomic E-state index is 0.389. The number of carbonyl (C=O) groups excluding carboxylic acids is 1. The first-order valence-electron chi connectivity index (χ1n) is 5.12. The molecule has 0 atom stereocenters. The highest BCUT2D eigenvalue weighted by Crippen LogP contribution is 2.23. The van der Waals surface area contributed by atoms with Crippen LogP contribution in [0.2, 0.25) is 5.02 Å². The quantitative estimate of drug-likeness (QED) is 0.887. The van der Waals surface area contributed by atoms with Gasteiger partial charge >= 0.3 is 0 Å². The van der Waals surface area contributed by atoms with Crippen molar-refractivity contribution in [2.45, 2.75) is 13.8 Å². The van der Waals surface area contributed by atoms with Gasteiger partial charge in [0, 0.05) is 11.3 Å². The predicted octanol–water partition coefficient (Wildman–Crippen LogP) is 2.24. The maximum absolute atomic E-state index is 11.0. The molecule has 0 saturated carbocycles. The van der Waals surface area contributed by atoms with Gasteiger partial charge in [-0.15, -0.1) is 0 Å². The molecule has 2 N–H and O–H groups in total. The van der Waals surface area contributed by atoms with Crippen LogP contribution in [0.5, 0.6) is 0 Å². The largest absolute Gasteiger partial charge is 0.366 e. The van der Waals surface area contributed by atoms with Gasteiger partial charge in [-0.05, 0) is 38.1 Å². The van der Waals surface area contributed by atoms with E-state index in [1.54, 1.807) is 22.9 Å². The van der Waals surface area contributed by atoms with Gasteiger partial charge in [-0.2, -0.15) is 5.10 Å². The predicted molar refractivity (Wildman–Crippen MR) is 66.6 cm³/mol. The Morgan fingerprint density at radius 1 is 1.35 bits per heavy atom. The van der Waals surface area contributed by atoms with E-state index in [4.69, 9.17) is 17.3 Å². The number of hydrogen-bond acceptors (Lipinski definition) is 2. The van der Waals surface area contributed by atoms with Crippen molar-refractivity contribution in [1.29, 1.82) is 0 Å². The second-order valence-corrected chi connectivity index (χ2v) is 4.28. The van der Waals surface area contributed by atoms with Crippen molar-refractivity contribution in [3.63, 3.8) is 0 Å². The van der Waals surface area contributed by atoms with E-state index in [1.807, 2.05) is 19.9 Å². The summed E-state index contributed by atoms with van der Waals surface area (Å²) in [4.78, 5) is 11.0.